The van der Waals surface area contributed by atoms with Gasteiger partial charge in [-0.3, -0.25) is 0 Å². The molecule has 0 aliphatic rings. The number of hydrogen-bond acceptors (Lipinski definition) is 18. The second-order valence-corrected chi connectivity index (χ2v) is 18.1. The van der Waals surface area contributed by atoms with E-state index in [4.69, 9.17) is 0 Å². The van der Waals surface area contributed by atoms with Crippen molar-refractivity contribution in [3.8, 4) is 0 Å². The molecule has 182 valence electrons. The first kappa shape index (κ1) is 45.8. The summed E-state index contributed by atoms with van der Waals surface area (Å²) in [7, 11) is -33.0. The van der Waals surface area contributed by atoms with Crippen LogP contribution in [0.4, 0.5) is 0 Å². The van der Waals surface area contributed by atoms with Gasteiger partial charge in [-0.15, -0.1) is 34.8 Å². The Morgan fingerprint density at radius 3 is 0.406 bits per heavy atom. The molecular formula is C3H3Cl3O18P6U2. The van der Waals surface area contributed by atoms with E-state index in [0.29, 0.717) is 0 Å². The molecule has 0 unspecified atom stereocenters. The first-order chi connectivity index (χ1) is 12.5. The van der Waals surface area contributed by atoms with Gasteiger partial charge in [0.15, 0.2) is 0 Å². The topological polar surface area (TPSA) is 379 Å². The molecule has 0 aliphatic heterocycles. The molecule has 0 aliphatic carbocycles. The van der Waals surface area contributed by atoms with Crippen molar-refractivity contribution in [1.29, 1.82) is 0 Å². The van der Waals surface area contributed by atoms with Crippen LogP contribution in [0.2, 0.25) is 0 Å². The van der Waals surface area contributed by atoms with Crippen molar-refractivity contribution < 1.29 is 148 Å². The number of alkyl halides is 3. The van der Waals surface area contributed by atoms with Gasteiger partial charge in [0.25, 0.3) is 0 Å². The first-order valence-electron chi connectivity index (χ1n) is 5.49. The van der Waals surface area contributed by atoms with E-state index >= 15 is 0 Å². The summed E-state index contributed by atoms with van der Waals surface area (Å²) < 4.78 is 58.5. The fraction of sp³-hybridized carbons (Fsp3) is 1.00. The summed E-state index contributed by atoms with van der Waals surface area (Å²) in [5.41, 5.74) is 0. The van der Waals surface area contributed by atoms with Crippen LogP contribution in [0.25, 0.3) is 0 Å². The Hall–Kier alpha value is 3.87. The fourth-order valence-corrected chi connectivity index (χ4v) is 4.68. The Balaban J connectivity index is -0.000000110. The summed E-state index contributed by atoms with van der Waals surface area (Å²) in [4.78, 5) is 108. The molecule has 0 radical (unpaired) electrons. The van der Waals surface area contributed by atoms with Gasteiger partial charge in [0, 0.05) is 0 Å². The van der Waals surface area contributed by atoms with E-state index in [2.05, 4.69) is 34.8 Å². The maximum Gasteiger partial charge on any atom is 6.00 e. The van der Waals surface area contributed by atoms with Gasteiger partial charge in [-0.25, -0.2) is 0 Å². The molecule has 0 aromatic rings. The summed E-state index contributed by atoms with van der Waals surface area (Å²) in [5, 5.41) is 0. The number of rotatable bonds is 6. The summed E-state index contributed by atoms with van der Waals surface area (Å²) in [5.74, 6) is 0. The largest absolute Gasteiger partial charge is 6.00 e. The maximum absolute atomic E-state index is 9.75. The van der Waals surface area contributed by atoms with Crippen molar-refractivity contribution in [2.45, 2.75) is 14.6 Å². The van der Waals surface area contributed by atoms with E-state index in [1.807, 2.05) is 0 Å². The van der Waals surface area contributed by atoms with Crippen LogP contribution in [0.3, 0.4) is 0 Å². The van der Waals surface area contributed by atoms with Gasteiger partial charge < -0.3 is 86.1 Å². The normalized spacial score (nSPS) is 13.3. The Kier molecular flexibility index (Phi) is 24.0. The van der Waals surface area contributed by atoms with Crippen LogP contribution in [0.1, 0.15) is 0 Å². The average molecular weight is 1100 g/mol. The molecule has 0 bridgehead atoms. The molecule has 29 heteroatoms. The second kappa shape index (κ2) is 16.8. The Bertz CT molecular complexity index is 654. The van der Waals surface area contributed by atoms with Gasteiger partial charge in [-0.05, 0) is 45.6 Å². The predicted octanol–water partition coefficient (Wildman–Crippen LogP) is -7.99. The van der Waals surface area contributed by atoms with E-state index < -0.39 is 60.2 Å². The second-order valence-electron chi connectivity index (χ2n) is 4.17. The molecule has 0 aromatic carbocycles. The standard InChI is InChI=1S/3CH5ClO6P2.2U/c3*2-1(9(3,4)5)10(6,7)8;;/h3*1H,(H2,3,4,5)(H2,6,7,8);;/q;;;2*+6/p-12. The van der Waals surface area contributed by atoms with Gasteiger partial charge >= 0.3 is 62.2 Å². The molecule has 0 N–H and O–H groups in total. The number of hydrogen-bond donors (Lipinski definition) is 0. The van der Waals surface area contributed by atoms with E-state index in [9.17, 15) is 86.1 Å². The summed E-state index contributed by atoms with van der Waals surface area (Å²) in [6.45, 7) is 0. The van der Waals surface area contributed by atoms with Crippen molar-refractivity contribution in [2.24, 2.45) is 0 Å². The minimum absolute atomic E-state index is 0. The van der Waals surface area contributed by atoms with Crippen molar-refractivity contribution in [3.63, 3.8) is 0 Å². The van der Waals surface area contributed by atoms with E-state index in [-0.39, 0.29) is 62.2 Å². The zero-order chi connectivity index (χ0) is 25.7. The van der Waals surface area contributed by atoms with Crippen LogP contribution in [-0.4, -0.2) is 14.6 Å². The van der Waals surface area contributed by atoms with Crippen LogP contribution in [0.15, 0.2) is 0 Å². The predicted molar refractivity (Wildman–Crippen MR) is 74.6 cm³/mol. The van der Waals surface area contributed by atoms with Crippen molar-refractivity contribution in [3.05, 3.63) is 0 Å². The van der Waals surface area contributed by atoms with Crippen LogP contribution in [-0.2, 0) is 27.4 Å². The van der Waals surface area contributed by atoms with E-state index in [1.54, 1.807) is 0 Å². The summed E-state index contributed by atoms with van der Waals surface area (Å²) >= 11 is 13.4. The third kappa shape index (κ3) is 23.0. The molecule has 0 saturated carbocycles. The molecule has 0 atom stereocenters. The molecule has 32 heavy (non-hydrogen) atoms. The van der Waals surface area contributed by atoms with Gasteiger partial charge in [0.05, 0.1) is 14.6 Å². The van der Waals surface area contributed by atoms with Crippen LogP contribution < -0.4 is 58.7 Å². The SMILES string of the molecule is O=P([O-])([O-])C(Cl)P(=O)([O-])[O-].O=P([O-])([O-])C(Cl)P(=O)([O-])[O-].O=P([O-])([O-])C(Cl)P(=O)([O-])[O-].[U+6].[U+6]. The first-order valence-corrected chi connectivity index (χ1v) is 16.5. The molecule has 0 spiro atoms. The van der Waals surface area contributed by atoms with Crippen LogP contribution >= 0.6 is 80.4 Å². The molecule has 18 nitrogen and oxygen atoms in total. The van der Waals surface area contributed by atoms with Crippen LogP contribution in [0, 0.1) is 62.2 Å². The molecule has 0 saturated heterocycles. The molecule has 0 amide bonds. The van der Waals surface area contributed by atoms with Crippen molar-refractivity contribution in [2.75, 3.05) is 0 Å². The summed E-state index contributed by atoms with van der Waals surface area (Å²) in [6.07, 6.45) is 0. The molecular weight excluding hydrogens is 1090 g/mol. The Labute approximate surface area is 240 Å². The third-order valence-electron chi connectivity index (χ3n) is 1.57. The minimum Gasteiger partial charge on any atom is -0.809 e. The van der Waals surface area contributed by atoms with Crippen LogP contribution in [0.5, 0.6) is 0 Å². The van der Waals surface area contributed by atoms with Gasteiger partial charge in [-0.1, -0.05) is 0 Å². The van der Waals surface area contributed by atoms with Gasteiger partial charge in [0.2, 0.25) is 0 Å². The zero-order valence-electron chi connectivity index (χ0n) is 13.9. The fourth-order valence-electron chi connectivity index (χ4n) is 0.520. The number of halogens is 3. The average Bonchev–Trinajstić information content (AvgIpc) is 2.40. The summed E-state index contributed by atoms with van der Waals surface area (Å²) in [6, 6.07) is 0. The smallest absolute Gasteiger partial charge is 0.809 e. The quantitative estimate of drug-likeness (QED) is 0.176. The Morgan fingerprint density at radius 1 is 0.344 bits per heavy atom. The minimum atomic E-state index is -5.50. The molecule has 0 aromatic heterocycles. The van der Waals surface area contributed by atoms with Crippen molar-refractivity contribution >= 4 is 80.4 Å². The van der Waals surface area contributed by atoms with Gasteiger partial charge in [-0.2, -0.15) is 0 Å². The van der Waals surface area contributed by atoms with E-state index in [0.717, 1.165) is 0 Å². The maximum atomic E-state index is 9.75. The van der Waals surface area contributed by atoms with E-state index in [1.165, 1.54) is 0 Å². The third-order valence-corrected chi connectivity index (χ3v) is 14.1. The van der Waals surface area contributed by atoms with Gasteiger partial charge in [0.1, 0.15) is 0 Å². The molecule has 0 heterocycles. The zero-order valence-corrected chi connectivity index (χ0v) is 29.9. The monoisotopic (exact) mass is 1090 g/mol. The molecule has 0 fully saturated rings. The van der Waals surface area contributed by atoms with Crippen molar-refractivity contribution in [1.82, 2.24) is 0 Å². The molecule has 0 rings (SSSR count). The Morgan fingerprint density at radius 2 is 0.406 bits per heavy atom.